The van der Waals surface area contributed by atoms with Crippen LogP contribution in [0.5, 0.6) is 0 Å². The van der Waals surface area contributed by atoms with Crippen LogP contribution in [0, 0.1) is 17.5 Å². The van der Waals surface area contributed by atoms with Gasteiger partial charge >= 0.3 is 0 Å². The Hall–Kier alpha value is -1.90. The van der Waals surface area contributed by atoms with Crippen molar-refractivity contribution < 1.29 is 26.3 Å². The topological polar surface area (TPSA) is 55.4 Å². The number of hydrogen-bond acceptors (Lipinski definition) is 3. The molecule has 0 bridgehead atoms. The van der Waals surface area contributed by atoms with E-state index in [1.165, 1.54) is 6.07 Å². The lowest BCUT2D eigenvalue weighted by Gasteiger charge is -2.38. The lowest BCUT2D eigenvalue weighted by Crippen LogP contribution is -2.49. The summed E-state index contributed by atoms with van der Waals surface area (Å²) in [6.45, 7) is 0.450. The first-order valence-corrected chi connectivity index (χ1v) is 9.14. The Morgan fingerprint density at radius 2 is 1.52 bits per heavy atom. The molecule has 134 valence electrons. The zero-order valence-electron chi connectivity index (χ0n) is 13.1. The van der Waals surface area contributed by atoms with Crippen molar-refractivity contribution in [2.75, 3.05) is 13.2 Å². The maximum absolute atomic E-state index is 14.3. The van der Waals surface area contributed by atoms with Crippen molar-refractivity contribution in [3.8, 4) is 0 Å². The molecule has 0 aliphatic carbocycles. The minimum atomic E-state index is -4.04. The largest absolute Gasteiger partial charge is 0.381 e. The van der Waals surface area contributed by atoms with Crippen LogP contribution < -0.4 is 4.72 Å². The van der Waals surface area contributed by atoms with Crippen LogP contribution in [0.3, 0.4) is 0 Å². The van der Waals surface area contributed by atoms with Crippen LogP contribution in [-0.2, 0) is 20.3 Å². The molecule has 8 heteroatoms. The van der Waals surface area contributed by atoms with Gasteiger partial charge in [-0.1, -0.05) is 6.07 Å². The molecule has 1 fully saturated rings. The van der Waals surface area contributed by atoms with E-state index in [4.69, 9.17) is 4.74 Å². The molecule has 1 heterocycles. The van der Waals surface area contributed by atoms with Gasteiger partial charge in [0.15, 0.2) is 0 Å². The molecular weight excluding hydrogens is 355 g/mol. The minimum absolute atomic E-state index is 0.0582. The van der Waals surface area contributed by atoms with Gasteiger partial charge in [-0.15, -0.1) is 0 Å². The Kier molecular flexibility index (Phi) is 4.86. The van der Waals surface area contributed by atoms with Gasteiger partial charge in [0.1, 0.15) is 17.5 Å². The minimum Gasteiger partial charge on any atom is -0.381 e. The van der Waals surface area contributed by atoms with Crippen LogP contribution >= 0.6 is 0 Å². The Bertz CT molecular complexity index is 863. The monoisotopic (exact) mass is 371 g/mol. The second-order valence-electron chi connectivity index (χ2n) is 5.88. The van der Waals surface area contributed by atoms with Gasteiger partial charge in [0.05, 0.1) is 10.4 Å². The normalized spacial score (nSPS) is 17.4. The van der Waals surface area contributed by atoms with E-state index in [1.807, 2.05) is 0 Å². The van der Waals surface area contributed by atoms with Crippen LogP contribution in [0.15, 0.2) is 47.4 Å². The van der Waals surface area contributed by atoms with Crippen LogP contribution in [0.1, 0.15) is 18.4 Å². The molecule has 1 N–H and O–H groups in total. The summed E-state index contributed by atoms with van der Waals surface area (Å²) in [4.78, 5) is -0.137. The first-order chi connectivity index (χ1) is 11.8. The van der Waals surface area contributed by atoms with Crippen molar-refractivity contribution >= 4 is 10.0 Å². The quantitative estimate of drug-likeness (QED) is 0.899. The summed E-state index contributed by atoms with van der Waals surface area (Å²) < 4.78 is 73.8. The highest BCUT2D eigenvalue weighted by atomic mass is 32.2. The Morgan fingerprint density at radius 1 is 0.920 bits per heavy atom. The van der Waals surface area contributed by atoms with Gasteiger partial charge in [0, 0.05) is 24.8 Å². The van der Waals surface area contributed by atoms with E-state index in [0.29, 0.717) is 0 Å². The van der Waals surface area contributed by atoms with E-state index in [0.717, 1.165) is 36.4 Å². The van der Waals surface area contributed by atoms with E-state index in [9.17, 15) is 21.6 Å². The van der Waals surface area contributed by atoms with Crippen molar-refractivity contribution in [2.45, 2.75) is 23.3 Å². The number of hydrogen-bond donors (Lipinski definition) is 1. The van der Waals surface area contributed by atoms with Crippen molar-refractivity contribution in [3.05, 3.63) is 65.5 Å². The van der Waals surface area contributed by atoms with E-state index in [-0.39, 0.29) is 36.5 Å². The maximum atomic E-state index is 14.3. The summed E-state index contributed by atoms with van der Waals surface area (Å²) in [6, 6.07) is 7.37. The van der Waals surface area contributed by atoms with E-state index >= 15 is 0 Å². The van der Waals surface area contributed by atoms with Crippen LogP contribution in [0.2, 0.25) is 0 Å². The first-order valence-electron chi connectivity index (χ1n) is 7.65. The fourth-order valence-electron chi connectivity index (χ4n) is 2.95. The molecule has 0 spiro atoms. The summed E-state index contributed by atoms with van der Waals surface area (Å²) in [5, 5.41) is 0. The fourth-order valence-corrected chi connectivity index (χ4v) is 4.39. The van der Waals surface area contributed by atoms with Gasteiger partial charge in [-0.05, 0) is 43.2 Å². The highest BCUT2D eigenvalue weighted by molar-refractivity contribution is 7.89. The van der Waals surface area contributed by atoms with Gasteiger partial charge in [-0.25, -0.2) is 26.3 Å². The summed E-state index contributed by atoms with van der Waals surface area (Å²) in [7, 11) is -4.04. The standard InChI is InChI=1S/C17H16F3NO3S/c18-12-1-4-14(5-2-12)25(22,23)21-17(7-9-24-10-8-17)15-6-3-13(19)11-16(15)20/h1-6,11,21H,7-10H2. The second-order valence-corrected chi connectivity index (χ2v) is 7.56. The third-order valence-electron chi connectivity index (χ3n) is 4.25. The third kappa shape index (κ3) is 3.70. The summed E-state index contributed by atoms with van der Waals surface area (Å²) in [5.41, 5.74) is -1.20. The maximum Gasteiger partial charge on any atom is 0.241 e. The zero-order valence-corrected chi connectivity index (χ0v) is 14.0. The third-order valence-corrected chi connectivity index (χ3v) is 5.80. The highest BCUT2D eigenvalue weighted by Gasteiger charge is 2.40. The summed E-state index contributed by atoms with van der Waals surface area (Å²) in [5.74, 6) is -2.14. The van der Waals surface area contributed by atoms with Crippen molar-refractivity contribution in [1.82, 2.24) is 4.72 Å². The van der Waals surface area contributed by atoms with Gasteiger partial charge in [-0.3, -0.25) is 0 Å². The molecule has 0 aromatic heterocycles. The number of ether oxygens (including phenoxy) is 1. The molecule has 0 radical (unpaired) electrons. The van der Waals surface area contributed by atoms with Gasteiger partial charge in [0.2, 0.25) is 10.0 Å². The lowest BCUT2D eigenvalue weighted by molar-refractivity contribution is 0.0446. The Balaban J connectivity index is 2.03. The Morgan fingerprint density at radius 3 is 2.12 bits per heavy atom. The van der Waals surface area contributed by atoms with E-state index in [2.05, 4.69) is 4.72 Å². The second kappa shape index (κ2) is 6.78. The average Bonchev–Trinajstić information content (AvgIpc) is 2.55. The molecule has 2 aromatic rings. The number of benzene rings is 2. The van der Waals surface area contributed by atoms with Gasteiger partial charge < -0.3 is 4.74 Å². The molecule has 3 rings (SSSR count). The fraction of sp³-hybridized carbons (Fsp3) is 0.294. The lowest BCUT2D eigenvalue weighted by atomic mass is 9.83. The molecule has 2 aromatic carbocycles. The van der Waals surface area contributed by atoms with Gasteiger partial charge in [-0.2, -0.15) is 0 Å². The SMILES string of the molecule is O=S(=O)(NC1(c2ccc(F)cc2F)CCOCC1)c1ccc(F)cc1. The zero-order chi connectivity index (χ0) is 18.1. The number of sulfonamides is 1. The number of nitrogens with one attached hydrogen (secondary N) is 1. The number of rotatable bonds is 4. The molecule has 0 amide bonds. The number of halogens is 3. The molecule has 0 atom stereocenters. The molecule has 0 saturated carbocycles. The van der Waals surface area contributed by atoms with Crippen molar-refractivity contribution in [2.24, 2.45) is 0 Å². The summed E-state index contributed by atoms with van der Waals surface area (Å²) in [6.07, 6.45) is 0.381. The van der Waals surface area contributed by atoms with E-state index in [1.54, 1.807) is 0 Å². The smallest absolute Gasteiger partial charge is 0.241 e. The molecule has 1 aliphatic rings. The average molecular weight is 371 g/mol. The molecular formula is C17H16F3NO3S. The molecule has 4 nitrogen and oxygen atoms in total. The highest BCUT2D eigenvalue weighted by Crippen LogP contribution is 2.35. The van der Waals surface area contributed by atoms with Crippen molar-refractivity contribution in [1.29, 1.82) is 0 Å². The van der Waals surface area contributed by atoms with E-state index < -0.39 is 33.0 Å². The van der Waals surface area contributed by atoms with Crippen molar-refractivity contribution in [3.63, 3.8) is 0 Å². The molecule has 1 saturated heterocycles. The first kappa shape index (κ1) is 17.9. The summed E-state index contributed by atoms with van der Waals surface area (Å²) >= 11 is 0. The van der Waals surface area contributed by atoms with Crippen LogP contribution in [0.25, 0.3) is 0 Å². The predicted octanol–water partition coefficient (Wildman–Crippen LogP) is 3.09. The van der Waals surface area contributed by atoms with Crippen LogP contribution in [-0.4, -0.2) is 21.6 Å². The molecule has 1 aliphatic heterocycles. The predicted molar refractivity (Wildman–Crippen MR) is 84.8 cm³/mol. The molecule has 0 unspecified atom stereocenters. The Labute approximate surface area is 143 Å². The van der Waals surface area contributed by atoms with Crippen LogP contribution in [0.4, 0.5) is 13.2 Å². The van der Waals surface area contributed by atoms with Gasteiger partial charge in [0.25, 0.3) is 0 Å². The molecule has 25 heavy (non-hydrogen) atoms.